The predicted molar refractivity (Wildman–Crippen MR) is 119 cm³/mol. The molecular formula is C25H28N6. The average molecular weight is 413 g/mol. The second-order valence-electron chi connectivity index (χ2n) is 8.60. The number of benzene rings is 2. The van der Waals surface area contributed by atoms with Gasteiger partial charge in [0.15, 0.2) is 5.82 Å². The second kappa shape index (κ2) is 9.01. The zero-order valence-electron chi connectivity index (χ0n) is 17.8. The number of aromatic nitrogens is 3. The summed E-state index contributed by atoms with van der Waals surface area (Å²) in [4.78, 5) is 5.19. The van der Waals surface area contributed by atoms with Crippen LogP contribution < -0.4 is 0 Å². The van der Waals surface area contributed by atoms with Crippen molar-refractivity contribution in [2.24, 2.45) is 0 Å². The van der Waals surface area contributed by atoms with E-state index in [4.69, 9.17) is 0 Å². The third-order valence-electron chi connectivity index (χ3n) is 6.75. The highest BCUT2D eigenvalue weighted by Crippen LogP contribution is 2.31. The van der Waals surface area contributed by atoms with Crippen LogP contribution in [0.2, 0.25) is 0 Å². The van der Waals surface area contributed by atoms with Gasteiger partial charge in [0, 0.05) is 32.2 Å². The first kappa shape index (κ1) is 19.9. The van der Waals surface area contributed by atoms with E-state index in [2.05, 4.69) is 67.0 Å². The van der Waals surface area contributed by atoms with Crippen molar-refractivity contribution < 1.29 is 0 Å². The number of rotatable bonds is 6. The standard InChI is InChI=1S/C25H28N6/c26-17-20-9-11-22(12-10-20)24(30-15-13-29(14-16-30)23-7-4-8-23)25-28-27-19-31(25)18-21-5-2-1-3-6-21/h1-3,5-6,9-12,19,23-24H,4,7-8,13-16,18H2. The van der Waals surface area contributed by atoms with Gasteiger partial charge in [0.2, 0.25) is 0 Å². The molecule has 6 nitrogen and oxygen atoms in total. The Morgan fingerprint density at radius 1 is 0.968 bits per heavy atom. The minimum absolute atomic E-state index is 0.0301. The molecule has 2 aliphatic rings. The molecule has 2 aromatic carbocycles. The molecule has 158 valence electrons. The van der Waals surface area contributed by atoms with Crippen LogP contribution in [0.4, 0.5) is 0 Å². The second-order valence-corrected chi connectivity index (χ2v) is 8.60. The summed E-state index contributed by atoms with van der Waals surface area (Å²) in [5.41, 5.74) is 3.08. The molecule has 2 heterocycles. The van der Waals surface area contributed by atoms with Crippen LogP contribution in [0.25, 0.3) is 0 Å². The summed E-state index contributed by atoms with van der Waals surface area (Å²) in [6, 6.07) is 21.5. The van der Waals surface area contributed by atoms with Crippen molar-refractivity contribution in [3.63, 3.8) is 0 Å². The predicted octanol–water partition coefficient (Wildman–Crippen LogP) is 3.46. The molecule has 31 heavy (non-hydrogen) atoms. The summed E-state index contributed by atoms with van der Waals surface area (Å²) in [7, 11) is 0. The van der Waals surface area contributed by atoms with E-state index in [0.717, 1.165) is 44.6 Å². The molecule has 0 radical (unpaired) electrons. The Kier molecular flexibility index (Phi) is 5.79. The Bertz CT molecular complexity index is 1020. The lowest BCUT2D eigenvalue weighted by atomic mass is 9.91. The Morgan fingerprint density at radius 2 is 1.71 bits per heavy atom. The van der Waals surface area contributed by atoms with Crippen LogP contribution in [0, 0.1) is 11.3 Å². The van der Waals surface area contributed by atoms with Crippen molar-refractivity contribution in [1.82, 2.24) is 24.6 Å². The van der Waals surface area contributed by atoms with E-state index in [1.165, 1.54) is 30.4 Å². The molecule has 1 atom stereocenters. The molecule has 0 N–H and O–H groups in total. The lowest BCUT2D eigenvalue weighted by Gasteiger charge is -2.44. The number of hydrogen-bond donors (Lipinski definition) is 0. The molecular weight excluding hydrogens is 384 g/mol. The van der Waals surface area contributed by atoms with Crippen molar-refractivity contribution in [1.29, 1.82) is 5.26 Å². The smallest absolute Gasteiger partial charge is 0.155 e. The highest BCUT2D eigenvalue weighted by atomic mass is 15.3. The van der Waals surface area contributed by atoms with Crippen LogP contribution in [0.15, 0.2) is 60.9 Å². The van der Waals surface area contributed by atoms with E-state index in [9.17, 15) is 5.26 Å². The maximum absolute atomic E-state index is 9.23. The maximum atomic E-state index is 9.23. The van der Waals surface area contributed by atoms with Gasteiger partial charge in [-0.2, -0.15) is 5.26 Å². The van der Waals surface area contributed by atoms with E-state index < -0.39 is 0 Å². The fourth-order valence-corrected chi connectivity index (χ4v) is 4.75. The van der Waals surface area contributed by atoms with Crippen LogP contribution in [0.3, 0.4) is 0 Å². The number of nitrogens with zero attached hydrogens (tertiary/aromatic N) is 6. The first-order valence-corrected chi connectivity index (χ1v) is 11.2. The first-order chi connectivity index (χ1) is 15.3. The normalized spacial score (nSPS) is 18.9. The van der Waals surface area contributed by atoms with Crippen molar-refractivity contribution in [3.05, 3.63) is 83.4 Å². The number of piperazine rings is 1. The Hall–Kier alpha value is -3.01. The summed E-state index contributed by atoms with van der Waals surface area (Å²) in [5.74, 6) is 0.964. The topological polar surface area (TPSA) is 61.0 Å². The summed E-state index contributed by atoms with van der Waals surface area (Å²) in [6.45, 7) is 4.98. The van der Waals surface area contributed by atoms with Gasteiger partial charge in [-0.1, -0.05) is 48.9 Å². The monoisotopic (exact) mass is 412 g/mol. The molecule has 0 amide bonds. The summed E-state index contributed by atoms with van der Waals surface area (Å²) in [6.07, 6.45) is 5.92. The molecule has 6 heteroatoms. The molecule has 1 aromatic heterocycles. The molecule has 1 saturated heterocycles. The highest BCUT2D eigenvalue weighted by Gasteiger charge is 2.33. The SMILES string of the molecule is N#Cc1ccc(C(c2nncn2Cc2ccccc2)N2CCN(C3CCC3)CC2)cc1. The van der Waals surface area contributed by atoms with E-state index in [0.29, 0.717) is 5.56 Å². The van der Waals surface area contributed by atoms with Gasteiger partial charge in [-0.05, 0) is 36.1 Å². The third-order valence-corrected chi connectivity index (χ3v) is 6.75. The zero-order chi connectivity index (χ0) is 21.0. The average Bonchev–Trinajstić information content (AvgIpc) is 3.23. The van der Waals surface area contributed by atoms with Gasteiger partial charge in [-0.25, -0.2) is 0 Å². The van der Waals surface area contributed by atoms with E-state index in [1.54, 1.807) is 0 Å². The zero-order valence-corrected chi connectivity index (χ0v) is 17.8. The minimum atomic E-state index is 0.0301. The minimum Gasteiger partial charge on any atom is -0.311 e. The molecule has 1 aliphatic heterocycles. The van der Waals surface area contributed by atoms with E-state index >= 15 is 0 Å². The molecule has 3 aromatic rings. The number of nitriles is 1. The molecule has 1 aliphatic carbocycles. The van der Waals surface area contributed by atoms with Gasteiger partial charge in [-0.3, -0.25) is 9.80 Å². The molecule has 5 rings (SSSR count). The van der Waals surface area contributed by atoms with Crippen molar-refractivity contribution >= 4 is 0 Å². The van der Waals surface area contributed by atoms with Crippen LogP contribution in [0.1, 0.15) is 47.8 Å². The Morgan fingerprint density at radius 3 is 2.35 bits per heavy atom. The van der Waals surface area contributed by atoms with Gasteiger partial charge in [0.1, 0.15) is 6.33 Å². The Labute approximate surface area is 183 Å². The first-order valence-electron chi connectivity index (χ1n) is 11.2. The fourth-order valence-electron chi connectivity index (χ4n) is 4.75. The lowest BCUT2D eigenvalue weighted by Crippen LogP contribution is -2.53. The van der Waals surface area contributed by atoms with Gasteiger partial charge < -0.3 is 4.57 Å². The molecule has 0 spiro atoms. The van der Waals surface area contributed by atoms with Crippen molar-refractivity contribution in [2.45, 2.75) is 37.9 Å². The molecule has 1 unspecified atom stereocenters. The number of hydrogen-bond acceptors (Lipinski definition) is 5. The van der Waals surface area contributed by atoms with Gasteiger partial charge >= 0.3 is 0 Å². The van der Waals surface area contributed by atoms with Crippen molar-refractivity contribution in [2.75, 3.05) is 26.2 Å². The van der Waals surface area contributed by atoms with Gasteiger partial charge in [0.05, 0.1) is 24.2 Å². The van der Waals surface area contributed by atoms with Crippen LogP contribution >= 0.6 is 0 Å². The largest absolute Gasteiger partial charge is 0.311 e. The van der Waals surface area contributed by atoms with Crippen LogP contribution in [0.5, 0.6) is 0 Å². The molecule has 2 fully saturated rings. The summed E-state index contributed by atoms with van der Waals surface area (Å²) in [5, 5.41) is 18.1. The highest BCUT2D eigenvalue weighted by molar-refractivity contribution is 5.35. The van der Waals surface area contributed by atoms with Crippen LogP contribution in [-0.2, 0) is 6.54 Å². The lowest BCUT2D eigenvalue weighted by molar-refractivity contribution is 0.0476. The molecule has 1 saturated carbocycles. The van der Waals surface area contributed by atoms with Crippen LogP contribution in [-0.4, -0.2) is 56.8 Å². The maximum Gasteiger partial charge on any atom is 0.155 e. The third kappa shape index (κ3) is 4.25. The summed E-state index contributed by atoms with van der Waals surface area (Å²) >= 11 is 0. The van der Waals surface area contributed by atoms with Gasteiger partial charge in [-0.15, -0.1) is 10.2 Å². The fraction of sp³-hybridized carbons (Fsp3) is 0.400. The van der Waals surface area contributed by atoms with E-state index in [1.807, 2.05) is 24.5 Å². The summed E-state index contributed by atoms with van der Waals surface area (Å²) < 4.78 is 2.16. The van der Waals surface area contributed by atoms with E-state index in [-0.39, 0.29) is 6.04 Å². The van der Waals surface area contributed by atoms with Gasteiger partial charge in [0.25, 0.3) is 0 Å². The Balaban J connectivity index is 1.43. The quantitative estimate of drug-likeness (QED) is 0.621. The molecule has 0 bridgehead atoms. The van der Waals surface area contributed by atoms with Crippen molar-refractivity contribution in [3.8, 4) is 6.07 Å².